The van der Waals surface area contributed by atoms with Gasteiger partial charge < -0.3 is 24.4 Å². The summed E-state index contributed by atoms with van der Waals surface area (Å²) in [5, 5.41) is 39.1. The maximum atomic E-state index is 13.1. The van der Waals surface area contributed by atoms with Crippen LogP contribution >= 0.6 is 0 Å². The normalized spacial score (nSPS) is 24.7. The van der Waals surface area contributed by atoms with Gasteiger partial charge in [-0.25, -0.2) is 14.3 Å². The number of rotatable bonds is 8. The van der Waals surface area contributed by atoms with E-state index < -0.39 is 53.2 Å². The molecule has 2 aromatic rings. The summed E-state index contributed by atoms with van der Waals surface area (Å²) in [4.78, 5) is 41.4. The van der Waals surface area contributed by atoms with Gasteiger partial charge in [-0.2, -0.15) is 10.4 Å². The number of nitrogens with zero attached hydrogens (tertiary/aromatic N) is 4. The summed E-state index contributed by atoms with van der Waals surface area (Å²) in [5.41, 5.74) is -2.47. The molecule has 2 saturated carbocycles. The fourth-order valence-corrected chi connectivity index (χ4v) is 6.00. The van der Waals surface area contributed by atoms with E-state index in [0.29, 0.717) is 5.52 Å². The van der Waals surface area contributed by atoms with Gasteiger partial charge in [0.25, 0.3) is 0 Å². The largest absolute Gasteiger partial charge is 0.465 e. The molecular weight excluding hydrogens is 558 g/mol. The molecule has 2 heterocycles. The van der Waals surface area contributed by atoms with E-state index in [9.17, 15) is 29.9 Å². The number of carbonyl (C=O) groups excluding carboxylic acids is 3. The molecule has 13 nitrogen and oxygen atoms in total. The van der Waals surface area contributed by atoms with Gasteiger partial charge in [-0.15, -0.1) is 0 Å². The van der Waals surface area contributed by atoms with E-state index in [1.54, 1.807) is 32.9 Å². The SMILES string of the molecule is CC(C)(C)C(=O)OCOC(=O)Nc1ncnn2c([C@]3(C#N)C[C@H](COC(=O)C(C)(C)C4CCCCC4)[C@@H](O)[C@H]3O)ccc12. The summed E-state index contributed by atoms with van der Waals surface area (Å²) in [5.74, 6) is -1.33. The van der Waals surface area contributed by atoms with Crippen molar-refractivity contribution in [1.29, 1.82) is 5.26 Å². The lowest BCUT2D eigenvalue weighted by molar-refractivity contribution is -0.161. The fourth-order valence-electron chi connectivity index (χ4n) is 6.00. The van der Waals surface area contributed by atoms with Crippen molar-refractivity contribution in [3.8, 4) is 6.07 Å². The first-order valence-corrected chi connectivity index (χ1v) is 14.6. The third kappa shape index (κ3) is 6.45. The van der Waals surface area contributed by atoms with Crippen LogP contribution in [-0.4, -0.2) is 68.5 Å². The lowest BCUT2D eigenvalue weighted by Crippen LogP contribution is -2.40. The van der Waals surface area contributed by atoms with Gasteiger partial charge in [0.1, 0.15) is 23.4 Å². The number of nitrogens with one attached hydrogen (secondary N) is 1. The number of carbonyl (C=O) groups is 3. The van der Waals surface area contributed by atoms with Crippen LogP contribution in [0.2, 0.25) is 0 Å². The zero-order chi connectivity index (χ0) is 31.6. The van der Waals surface area contributed by atoms with Crippen LogP contribution < -0.4 is 5.32 Å². The zero-order valence-electron chi connectivity index (χ0n) is 25.3. The van der Waals surface area contributed by atoms with Crippen molar-refractivity contribution in [3.63, 3.8) is 0 Å². The number of nitriles is 1. The van der Waals surface area contributed by atoms with Gasteiger partial charge in [-0.05, 0) is 71.9 Å². The fraction of sp³-hybridized carbons (Fsp3) is 0.667. The van der Waals surface area contributed by atoms with Crippen molar-refractivity contribution in [2.24, 2.45) is 22.7 Å². The molecule has 3 N–H and O–H groups in total. The molecule has 0 radical (unpaired) electrons. The third-order valence-corrected chi connectivity index (χ3v) is 8.80. The average Bonchev–Trinajstić information content (AvgIpc) is 3.51. The number of fused-ring (bicyclic) bond motifs is 1. The standard InChI is InChI=1S/C30H41N5O8/c1-28(2,3)25(38)42-17-43-27(40)34-24-20-11-12-21(35(20)33-16-32-24)30(15-31)13-18(22(36)23(30)37)14-41-26(39)29(4,5)19-9-7-6-8-10-19/h11-12,16,18-19,22-23,36-37H,6-10,13-14,17H2,1-5H3,(H,32,33,34,40)/t18-,22-,23-,30-/m1/s1. The van der Waals surface area contributed by atoms with Crippen molar-refractivity contribution < 1.29 is 38.8 Å². The van der Waals surface area contributed by atoms with Crippen LogP contribution in [0.3, 0.4) is 0 Å². The Morgan fingerprint density at radius 2 is 1.77 bits per heavy atom. The van der Waals surface area contributed by atoms with Gasteiger partial charge in [0, 0.05) is 5.92 Å². The van der Waals surface area contributed by atoms with E-state index >= 15 is 0 Å². The molecule has 0 unspecified atom stereocenters. The summed E-state index contributed by atoms with van der Waals surface area (Å²) in [7, 11) is 0. The van der Waals surface area contributed by atoms with Crippen LogP contribution in [0.4, 0.5) is 10.6 Å². The molecule has 1 amide bonds. The minimum absolute atomic E-state index is 0.00301. The summed E-state index contributed by atoms with van der Waals surface area (Å²) in [6.07, 6.45) is 2.65. The maximum absolute atomic E-state index is 13.1. The van der Waals surface area contributed by atoms with Crippen molar-refractivity contribution in [3.05, 3.63) is 24.2 Å². The molecular formula is C30H41N5O8. The van der Waals surface area contributed by atoms with Crippen LogP contribution in [0.1, 0.15) is 78.8 Å². The predicted molar refractivity (Wildman–Crippen MR) is 152 cm³/mol. The van der Waals surface area contributed by atoms with E-state index in [4.69, 9.17) is 14.2 Å². The van der Waals surface area contributed by atoms with Gasteiger partial charge in [0.05, 0.1) is 35.3 Å². The Labute approximate surface area is 250 Å². The molecule has 234 valence electrons. The average molecular weight is 600 g/mol. The number of aliphatic hydroxyl groups excluding tert-OH is 2. The van der Waals surface area contributed by atoms with E-state index in [1.807, 2.05) is 13.8 Å². The first kappa shape index (κ1) is 32.2. The zero-order valence-corrected chi connectivity index (χ0v) is 25.3. The summed E-state index contributed by atoms with van der Waals surface area (Å²) in [6, 6.07) is 5.29. The third-order valence-electron chi connectivity index (χ3n) is 8.80. The maximum Gasteiger partial charge on any atom is 0.415 e. The van der Waals surface area contributed by atoms with Crippen LogP contribution in [0, 0.1) is 34.0 Å². The number of ether oxygens (including phenoxy) is 3. The first-order chi connectivity index (χ1) is 20.2. The highest BCUT2D eigenvalue weighted by Gasteiger charge is 2.56. The summed E-state index contributed by atoms with van der Waals surface area (Å²) < 4.78 is 16.9. The molecule has 4 atom stereocenters. The Morgan fingerprint density at radius 1 is 1.07 bits per heavy atom. The second-order valence-electron chi connectivity index (χ2n) is 13.1. The lowest BCUT2D eigenvalue weighted by atomic mass is 9.71. The first-order valence-electron chi connectivity index (χ1n) is 14.6. The lowest BCUT2D eigenvalue weighted by Gasteiger charge is -2.35. The molecule has 0 bridgehead atoms. The Morgan fingerprint density at radius 3 is 2.42 bits per heavy atom. The topological polar surface area (TPSA) is 185 Å². The van der Waals surface area contributed by atoms with Crippen LogP contribution in [-0.2, 0) is 29.2 Å². The van der Waals surface area contributed by atoms with Crippen molar-refractivity contribution in [2.45, 2.75) is 90.8 Å². The van der Waals surface area contributed by atoms with Gasteiger partial charge in [-0.1, -0.05) is 19.3 Å². The molecule has 13 heteroatoms. The molecule has 2 aliphatic rings. The van der Waals surface area contributed by atoms with Crippen molar-refractivity contribution in [1.82, 2.24) is 14.6 Å². The van der Waals surface area contributed by atoms with Crippen LogP contribution in [0.25, 0.3) is 5.52 Å². The number of amides is 1. The van der Waals surface area contributed by atoms with Gasteiger partial charge in [-0.3, -0.25) is 14.9 Å². The second kappa shape index (κ2) is 12.5. The molecule has 0 saturated heterocycles. The predicted octanol–water partition coefficient (Wildman–Crippen LogP) is 3.48. The molecule has 0 aromatic carbocycles. The minimum Gasteiger partial charge on any atom is -0.465 e. The van der Waals surface area contributed by atoms with Crippen molar-refractivity contribution >= 4 is 29.4 Å². The molecule has 2 fully saturated rings. The van der Waals surface area contributed by atoms with Gasteiger partial charge in [0.2, 0.25) is 6.79 Å². The Hall–Kier alpha value is -3.76. The van der Waals surface area contributed by atoms with Crippen LogP contribution in [0.15, 0.2) is 18.5 Å². The van der Waals surface area contributed by atoms with E-state index in [-0.39, 0.29) is 36.4 Å². The Kier molecular flexibility index (Phi) is 9.32. The minimum atomic E-state index is -1.59. The summed E-state index contributed by atoms with van der Waals surface area (Å²) in [6.45, 7) is 8.03. The molecule has 43 heavy (non-hydrogen) atoms. The number of hydrogen-bond donors (Lipinski definition) is 3. The monoisotopic (exact) mass is 599 g/mol. The molecule has 0 aliphatic heterocycles. The number of hydrogen-bond acceptors (Lipinski definition) is 11. The highest BCUT2D eigenvalue weighted by molar-refractivity contribution is 5.88. The van der Waals surface area contributed by atoms with Gasteiger partial charge >= 0.3 is 18.0 Å². The molecule has 2 aliphatic carbocycles. The summed E-state index contributed by atoms with van der Waals surface area (Å²) >= 11 is 0. The molecule has 0 spiro atoms. The highest BCUT2D eigenvalue weighted by atomic mass is 16.7. The molecule has 2 aromatic heterocycles. The smallest absolute Gasteiger partial charge is 0.415 e. The van der Waals surface area contributed by atoms with Crippen LogP contribution in [0.5, 0.6) is 0 Å². The van der Waals surface area contributed by atoms with E-state index in [2.05, 4.69) is 21.5 Å². The van der Waals surface area contributed by atoms with Crippen molar-refractivity contribution in [2.75, 3.05) is 18.7 Å². The number of aliphatic hydroxyl groups is 2. The highest BCUT2D eigenvalue weighted by Crippen LogP contribution is 2.46. The Balaban J connectivity index is 1.47. The number of esters is 2. The Bertz CT molecular complexity index is 1390. The second-order valence-corrected chi connectivity index (χ2v) is 13.1. The molecule has 4 rings (SSSR count). The van der Waals surface area contributed by atoms with E-state index in [1.165, 1.54) is 10.9 Å². The quantitative estimate of drug-likeness (QED) is 0.298. The van der Waals surface area contributed by atoms with Gasteiger partial charge in [0.15, 0.2) is 5.82 Å². The van der Waals surface area contributed by atoms with E-state index in [0.717, 1.165) is 32.0 Å². The number of aromatic nitrogens is 3. The number of anilines is 1.